The van der Waals surface area contributed by atoms with Gasteiger partial charge < -0.3 is 9.72 Å². The van der Waals surface area contributed by atoms with Crippen molar-refractivity contribution in [2.45, 2.75) is 0 Å². The molecule has 0 unspecified atom stereocenters. The number of aromatic nitrogens is 2. The number of ether oxygens (including phenoxy) is 1. The van der Waals surface area contributed by atoms with Crippen molar-refractivity contribution in [2.75, 3.05) is 7.11 Å². The van der Waals surface area contributed by atoms with Crippen LogP contribution in [-0.4, -0.2) is 17.1 Å². The summed E-state index contributed by atoms with van der Waals surface area (Å²) in [5.41, 5.74) is 3.21. The van der Waals surface area contributed by atoms with Crippen LogP contribution in [0.15, 0.2) is 47.3 Å². The van der Waals surface area contributed by atoms with Crippen LogP contribution in [0.25, 0.3) is 22.0 Å². The zero-order valence-electron chi connectivity index (χ0n) is 9.77. The minimum absolute atomic E-state index is 0.850. The summed E-state index contributed by atoms with van der Waals surface area (Å²) in [6.45, 7) is 0. The first-order valence-corrected chi connectivity index (χ1v) is 6.34. The van der Waals surface area contributed by atoms with Crippen molar-refractivity contribution in [3.8, 4) is 16.9 Å². The summed E-state index contributed by atoms with van der Waals surface area (Å²) < 4.78 is 6.44. The summed E-state index contributed by atoms with van der Waals surface area (Å²) >= 11 is 3.49. The summed E-state index contributed by atoms with van der Waals surface area (Å²) in [5.74, 6) is 0.850. The third-order valence-corrected chi connectivity index (χ3v) is 3.43. The van der Waals surface area contributed by atoms with Crippen LogP contribution >= 0.6 is 15.9 Å². The van der Waals surface area contributed by atoms with Gasteiger partial charge in [0, 0.05) is 45.1 Å². The molecular weight excluding hydrogens is 292 g/mol. The molecule has 1 aromatic carbocycles. The second kappa shape index (κ2) is 4.46. The SMILES string of the molecule is COc1ccc(Br)cc1-c1c[nH]c2ccncc12. The minimum atomic E-state index is 0.850. The summed E-state index contributed by atoms with van der Waals surface area (Å²) in [6.07, 6.45) is 5.62. The average molecular weight is 303 g/mol. The van der Waals surface area contributed by atoms with E-state index in [9.17, 15) is 0 Å². The zero-order valence-corrected chi connectivity index (χ0v) is 11.4. The van der Waals surface area contributed by atoms with E-state index >= 15 is 0 Å². The fraction of sp³-hybridized carbons (Fsp3) is 0.0714. The Morgan fingerprint density at radius 2 is 2.11 bits per heavy atom. The van der Waals surface area contributed by atoms with E-state index in [0.717, 1.165) is 32.3 Å². The molecule has 2 heterocycles. The molecule has 18 heavy (non-hydrogen) atoms. The van der Waals surface area contributed by atoms with Gasteiger partial charge in [-0.1, -0.05) is 15.9 Å². The van der Waals surface area contributed by atoms with Crippen LogP contribution in [0.4, 0.5) is 0 Å². The number of nitrogens with zero attached hydrogens (tertiary/aromatic N) is 1. The summed E-state index contributed by atoms with van der Waals surface area (Å²) in [7, 11) is 1.68. The molecular formula is C14H11BrN2O. The lowest BCUT2D eigenvalue weighted by Gasteiger charge is -2.08. The smallest absolute Gasteiger partial charge is 0.126 e. The standard InChI is InChI=1S/C14H11BrN2O/c1-18-14-3-2-9(15)6-10(14)11-8-17-13-4-5-16-7-12(11)13/h2-8,17H,1H3. The van der Waals surface area contributed by atoms with E-state index in [0.29, 0.717) is 0 Å². The molecule has 0 aliphatic carbocycles. The zero-order chi connectivity index (χ0) is 12.5. The van der Waals surface area contributed by atoms with Crippen LogP contribution in [-0.2, 0) is 0 Å². The van der Waals surface area contributed by atoms with Gasteiger partial charge in [0.25, 0.3) is 0 Å². The summed E-state index contributed by atoms with van der Waals surface area (Å²) in [5, 5.41) is 1.09. The molecule has 2 aromatic heterocycles. The highest BCUT2D eigenvalue weighted by molar-refractivity contribution is 9.10. The normalized spacial score (nSPS) is 10.8. The van der Waals surface area contributed by atoms with Crippen molar-refractivity contribution in [2.24, 2.45) is 0 Å². The number of halogens is 1. The van der Waals surface area contributed by atoms with Gasteiger partial charge in [0.2, 0.25) is 0 Å². The maximum absolute atomic E-state index is 5.42. The lowest BCUT2D eigenvalue weighted by molar-refractivity contribution is 0.416. The Kier molecular flexibility index (Phi) is 2.80. The first-order valence-electron chi connectivity index (χ1n) is 5.54. The predicted octanol–water partition coefficient (Wildman–Crippen LogP) is 4.00. The lowest BCUT2D eigenvalue weighted by Crippen LogP contribution is -1.87. The largest absolute Gasteiger partial charge is 0.496 e. The molecule has 0 atom stereocenters. The number of aromatic amines is 1. The highest BCUT2D eigenvalue weighted by atomic mass is 79.9. The van der Waals surface area contributed by atoms with Crippen LogP contribution in [0.3, 0.4) is 0 Å². The van der Waals surface area contributed by atoms with Crippen molar-refractivity contribution >= 4 is 26.8 Å². The van der Waals surface area contributed by atoms with Crippen molar-refractivity contribution in [1.82, 2.24) is 9.97 Å². The fourth-order valence-electron chi connectivity index (χ4n) is 2.08. The quantitative estimate of drug-likeness (QED) is 0.777. The molecule has 0 aliphatic heterocycles. The van der Waals surface area contributed by atoms with E-state index in [1.54, 1.807) is 13.3 Å². The number of benzene rings is 1. The Morgan fingerprint density at radius 3 is 2.94 bits per heavy atom. The monoisotopic (exact) mass is 302 g/mol. The van der Waals surface area contributed by atoms with Crippen LogP contribution < -0.4 is 4.74 Å². The highest BCUT2D eigenvalue weighted by Crippen LogP contribution is 2.36. The van der Waals surface area contributed by atoms with Gasteiger partial charge in [-0.3, -0.25) is 4.98 Å². The number of hydrogen-bond donors (Lipinski definition) is 1. The number of pyridine rings is 1. The molecule has 0 aliphatic rings. The molecule has 0 bridgehead atoms. The van der Waals surface area contributed by atoms with Crippen LogP contribution in [0, 0.1) is 0 Å². The third kappa shape index (κ3) is 1.78. The van der Waals surface area contributed by atoms with E-state index < -0.39 is 0 Å². The Hall–Kier alpha value is -1.81. The van der Waals surface area contributed by atoms with E-state index in [2.05, 4.69) is 32.0 Å². The van der Waals surface area contributed by atoms with Gasteiger partial charge in [-0.15, -0.1) is 0 Å². The molecule has 0 saturated carbocycles. The first-order chi connectivity index (χ1) is 8.79. The van der Waals surface area contributed by atoms with Gasteiger partial charge >= 0.3 is 0 Å². The molecule has 3 rings (SSSR count). The molecule has 3 aromatic rings. The van der Waals surface area contributed by atoms with Crippen LogP contribution in [0.1, 0.15) is 0 Å². The Balaban J connectivity index is 2.29. The van der Waals surface area contributed by atoms with Gasteiger partial charge in [-0.25, -0.2) is 0 Å². The van der Waals surface area contributed by atoms with Crippen LogP contribution in [0.2, 0.25) is 0 Å². The number of H-pyrrole nitrogens is 1. The average Bonchev–Trinajstić information content (AvgIpc) is 2.82. The van der Waals surface area contributed by atoms with Gasteiger partial charge in [0.05, 0.1) is 7.11 Å². The molecule has 1 N–H and O–H groups in total. The van der Waals surface area contributed by atoms with Gasteiger partial charge in [0.15, 0.2) is 0 Å². The molecule has 0 saturated heterocycles. The van der Waals surface area contributed by atoms with Crippen molar-refractivity contribution in [3.05, 3.63) is 47.3 Å². The number of rotatable bonds is 2. The number of hydrogen-bond acceptors (Lipinski definition) is 2. The van der Waals surface area contributed by atoms with E-state index in [1.807, 2.05) is 30.6 Å². The van der Waals surface area contributed by atoms with Crippen molar-refractivity contribution in [1.29, 1.82) is 0 Å². The maximum atomic E-state index is 5.42. The van der Waals surface area contributed by atoms with Gasteiger partial charge in [-0.05, 0) is 24.3 Å². The molecule has 0 spiro atoms. The molecule has 3 nitrogen and oxygen atoms in total. The molecule has 0 fully saturated rings. The van der Waals surface area contributed by atoms with Gasteiger partial charge in [-0.2, -0.15) is 0 Å². The Morgan fingerprint density at radius 1 is 1.22 bits per heavy atom. The van der Waals surface area contributed by atoms with Crippen molar-refractivity contribution in [3.63, 3.8) is 0 Å². The molecule has 4 heteroatoms. The second-order valence-electron chi connectivity index (χ2n) is 3.97. The van der Waals surface area contributed by atoms with Crippen LogP contribution in [0.5, 0.6) is 5.75 Å². The topological polar surface area (TPSA) is 37.9 Å². The molecule has 0 radical (unpaired) electrons. The molecule has 90 valence electrons. The summed E-state index contributed by atoms with van der Waals surface area (Å²) in [4.78, 5) is 7.42. The van der Waals surface area contributed by atoms with E-state index in [1.165, 1.54) is 0 Å². The Bertz CT molecular complexity index is 706. The lowest BCUT2D eigenvalue weighted by atomic mass is 10.1. The fourth-order valence-corrected chi connectivity index (χ4v) is 2.44. The third-order valence-electron chi connectivity index (χ3n) is 2.93. The minimum Gasteiger partial charge on any atom is -0.496 e. The van der Waals surface area contributed by atoms with E-state index in [-0.39, 0.29) is 0 Å². The predicted molar refractivity (Wildman–Crippen MR) is 75.8 cm³/mol. The number of methoxy groups -OCH3 is 1. The second-order valence-corrected chi connectivity index (χ2v) is 4.88. The van der Waals surface area contributed by atoms with Gasteiger partial charge in [0.1, 0.15) is 5.75 Å². The maximum Gasteiger partial charge on any atom is 0.126 e. The number of fused-ring (bicyclic) bond motifs is 1. The Labute approximate surface area is 113 Å². The first kappa shape index (κ1) is 11.3. The molecule has 0 amide bonds. The highest BCUT2D eigenvalue weighted by Gasteiger charge is 2.11. The van der Waals surface area contributed by atoms with Crippen molar-refractivity contribution < 1.29 is 4.74 Å². The summed E-state index contributed by atoms with van der Waals surface area (Å²) in [6, 6.07) is 7.93. The van der Waals surface area contributed by atoms with E-state index in [4.69, 9.17) is 4.74 Å². The number of nitrogens with one attached hydrogen (secondary N) is 1.